The molecular weight excluding hydrogens is 274 g/mol. The van der Waals surface area contributed by atoms with Gasteiger partial charge >= 0.3 is 5.97 Å². The van der Waals surface area contributed by atoms with Gasteiger partial charge in [0.15, 0.2) is 0 Å². The molecule has 0 bridgehead atoms. The number of carboxylic acids is 1. The molecule has 22 heavy (non-hydrogen) atoms. The first-order valence-electron chi connectivity index (χ1n) is 8.30. The van der Waals surface area contributed by atoms with Crippen LogP contribution in [0, 0.1) is 11.8 Å². The van der Waals surface area contributed by atoms with Crippen LogP contribution in [0.3, 0.4) is 0 Å². The van der Waals surface area contributed by atoms with Gasteiger partial charge in [-0.05, 0) is 35.3 Å². The zero-order chi connectivity index (χ0) is 16.3. The molecule has 2 atom stereocenters. The Hall–Kier alpha value is -1.35. The van der Waals surface area contributed by atoms with Crippen LogP contribution in [0.2, 0.25) is 0 Å². The molecule has 3 heteroatoms. The fourth-order valence-electron chi connectivity index (χ4n) is 3.28. The number of benzene rings is 1. The van der Waals surface area contributed by atoms with E-state index in [0.29, 0.717) is 12.5 Å². The van der Waals surface area contributed by atoms with Gasteiger partial charge in [-0.3, -0.25) is 4.79 Å². The summed E-state index contributed by atoms with van der Waals surface area (Å²) in [6.45, 7) is 11.5. The van der Waals surface area contributed by atoms with E-state index in [1.54, 1.807) is 0 Å². The molecule has 1 aliphatic rings. The Morgan fingerprint density at radius 1 is 1.23 bits per heavy atom. The first-order chi connectivity index (χ1) is 10.3. The Bertz CT molecular complexity index is 501. The Labute approximate surface area is 134 Å². The minimum atomic E-state index is -0.647. The fraction of sp³-hybridized carbons (Fsp3) is 0.632. The van der Waals surface area contributed by atoms with Crippen molar-refractivity contribution in [2.24, 2.45) is 11.8 Å². The first-order valence-corrected chi connectivity index (χ1v) is 8.30. The van der Waals surface area contributed by atoms with E-state index in [1.165, 1.54) is 11.1 Å². The van der Waals surface area contributed by atoms with E-state index in [1.807, 2.05) is 0 Å². The number of carbonyl (C=O) groups is 1. The molecule has 1 aromatic carbocycles. The summed E-state index contributed by atoms with van der Waals surface area (Å²) in [6.07, 6.45) is 1.80. The van der Waals surface area contributed by atoms with Crippen molar-refractivity contribution >= 4 is 5.97 Å². The minimum absolute atomic E-state index is 0.190. The summed E-state index contributed by atoms with van der Waals surface area (Å²) in [5, 5.41) is 9.24. The van der Waals surface area contributed by atoms with Gasteiger partial charge in [0, 0.05) is 19.6 Å². The molecule has 0 spiro atoms. The van der Waals surface area contributed by atoms with Crippen LogP contribution in [0.15, 0.2) is 24.3 Å². The monoisotopic (exact) mass is 303 g/mol. The Morgan fingerprint density at radius 2 is 1.86 bits per heavy atom. The van der Waals surface area contributed by atoms with Crippen molar-refractivity contribution in [3.63, 3.8) is 0 Å². The second kappa shape index (κ2) is 6.82. The van der Waals surface area contributed by atoms with E-state index in [0.717, 1.165) is 25.9 Å². The van der Waals surface area contributed by atoms with E-state index in [4.69, 9.17) is 0 Å². The molecule has 1 saturated heterocycles. The molecule has 2 unspecified atom stereocenters. The Kier molecular flexibility index (Phi) is 5.28. The topological polar surface area (TPSA) is 40.5 Å². The summed E-state index contributed by atoms with van der Waals surface area (Å²) < 4.78 is 0. The highest BCUT2D eigenvalue weighted by atomic mass is 16.4. The number of piperidine rings is 1. The van der Waals surface area contributed by atoms with Gasteiger partial charge in [-0.1, -0.05) is 52.0 Å². The normalized spacial score (nSPS) is 23.5. The SMILES string of the molecule is CC1CC(C(=O)O)CN(CCc2ccc(C(C)(C)C)cc2)C1. The van der Waals surface area contributed by atoms with Crippen molar-refractivity contribution in [3.8, 4) is 0 Å². The molecule has 1 fully saturated rings. The van der Waals surface area contributed by atoms with Gasteiger partial charge in [0.25, 0.3) is 0 Å². The van der Waals surface area contributed by atoms with Crippen LogP contribution in [0.4, 0.5) is 0 Å². The van der Waals surface area contributed by atoms with Crippen LogP contribution in [0.5, 0.6) is 0 Å². The number of hydrogen-bond donors (Lipinski definition) is 1. The lowest BCUT2D eigenvalue weighted by molar-refractivity contribution is -0.144. The van der Waals surface area contributed by atoms with Gasteiger partial charge in [0.05, 0.1) is 5.92 Å². The number of likely N-dealkylation sites (tertiary alicyclic amines) is 1. The number of aliphatic carboxylic acids is 1. The highest BCUT2D eigenvalue weighted by Crippen LogP contribution is 2.24. The van der Waals surface area contributed by atoms with Crippen LogP contribution < -0.4 is 0 Å². The maximum absolute atomic E-state index is 11.2. The quantitative estimate of drug-likeness (QED) is 0.924. The predicted octanol–water partition coefficient (Wildman–Crippen LogP) is 3.57. The average Bonchev–Trinajstić information content (AvgIpc) is 2.44. The molecular formula is C19H29NO2. The van der Waals surface area contributed by atoms with Crippen LogP contribution in [-0.4, -0.2) is 35.6 Å². The minimum Gasteiger partial charge on any atom is -0.481 e. The molecule has 2 rings (SSSR count). The van der Waals surface area contributed by atoms with Crippen LogP contribution >= 0.6 is 0 Å². The second-order valence-electron chi connectivity index (χ2n) is 7.83. The zero-order valence-electron chi connectivity index (χ0n) is 14.3. The lowest BCUT2D eigenvalue weighted by Gasteiger charge is -2.34. The molecule has 1 N–H and O–H groups in total. The summed E-state index contributed by atoms with van der Waals surface area (Å²) in [5.41, 5.74) is 2.88. The summed E-state index contributed by atoms with van der Waals surface area (Å²) in [5.74, 6) is -0.379. The van der Waals surface area contributed by atoms with Gasteiger partial charge in [-0.25, -0.2) is 0 Å². The van der Waals surface area contributed by atoms with Crippen LogP contribution in [0.25, 0.3) is 0 Å². The van der Waals surface area contributed by atoms with Gasteiger partial charge < -0.3 is 10.0 Å². The summed E-state index contributed by atoms with van der Waals surface area (Å²) in [4.78, 5) is 13.5. The Balaban J connectivity index is 1.91. The maximum Gasteiger partial charge on any atom is 0.307 e. The smallest absolute Gasteiger partial charge is 0.307 e. The highest BCUT2D eigenvalue weighted by molar-refractivity contribution is 5.70. The van der Waals surface area contributed by atoms with Crippen molar-refractivity contribution in [1.82, 2.24) is 4.90 Å². The Morgan fingerprint density at radius 3 is 2.41 bits per heavy atom. The van der Waals surface area contributed by atoms with Gasteiger partial charge in [-0.2, -0.15) is 0 Å². The van der Waals surface area contributed by atoms with Crippen molar-refractivity contribution in [3.05, 3.63) is 35.4 Å². The predicted molar refractivity (Wildman–Crippen MR) is 90.2 cm³/mol. The van der Waals surface area contributed by atoms with E-state index in [2.05, 4.69) is 56.9 Å². The number of carboxylic acid groups (broad SMARTS) is 1. The lowest BCUT2D eigenvalue weighted by atomic mass is 9.86. The fourth-order valence-corrected chi connectivity index (χ4v) is 3.28. The molecule has 0 saturated carbocycles. The van der Waals surface area contributed by atoms with Gasteiger partial charge in [0.2, 0.25) is 0 Å². The van der Waals surface area contributed by atoms with Crippen molar-refractivity contribution < 1.29 is 9.90 Å². The third-order valence-electron chi connectivity index (χ3n) is 4.62. The van der Waals surface area contributed by atoms with Gasteiger partial charge in [-0.15, -0.1) is 0 Å². The third-order valence-corrected chi connectivity index (χ3v) is 4.62. The van der Waals surface area contributed by atoms with E-state index in [-0.39, 0.29) is 11.3 Å². The summed E-state index contributed by atoms with van der Waals surface area (Å²) in [7, 11) is 0. The molecule has 0 aromatic heterocycles. The molecule has 1 aromatic rings. The number of hydrogen-bond acceptors (Lipinski definition) is 2. The van der Waals surface area contributed by atoms with Gasteiger partial charge in [0.1, 0.15) is 0 Å². The molecule has 122 valence electrons. The summed E-state index contributed by atoms with van der Waals surface area (Å²) in [6, 6.07) is 8.85. The van der Waals surface area contributed by atoms with Crippen LogP contribution in [0.1, 0.15) is 45.2 Å². The largest absolute Gasteiger partial charge is 0.481 e. The highest BCUT2D eigenvalue weighted by Gasteiger charge is 2.29. The molecule has 1 heterocycles. The van der Waals surface area contributed by atoms with Crippen molar-refractivity contribution in [1.29, 1.82) is 0 Å². The number of nitrogens with zero attached hydrogens (tertiary/aromatic N) is 1. The molecule has 0 aliphatic carbocycles. The van der Waals surface area contributed by atoms with E-state index >= 15 is 0 Å². The molecule has 0 radical (unpaired) electrons. The second-order valence-corrected chi connectivity index (χ2v) is 7.83. The zero-order valence-corrected chi connectivity index (χ0v) is 14.3. The lowest BCUT2D eigenvalue weighted by Crippen LogP contribution is -2.43. The van der Waals surface area contributed by atoms with E-state index < -0.39 is 5.97 Å². The van der Waals surface area contributed by atoms with E-state index in [9.17, 15) is 9.90 Å². The van der Waals surface area contributed by atoms with Crippen LogP contribution in [-0.2, 0) is 16.6 Å². The maximum atomic E-state index is 11.2. The third kappa shape index (κ3) is 4.57. The molecule has 3 nitrogen and oxygen atoms in total. The molecule has 1 aliphatic heterocycles. The van der Waals surface area contributed by atoms with Crippen molar-refractivity contribution in [2.45, 2.75) is 46.0 Å². The number of rotatable bonds is 4. The average molecular weight is 303 g/mol. The standard InChI is InChI=1S/C19H29NO2/c1-14-11-16(18(21)22)13-20(12-14)10-9-15-5-7-17(8-6-15)19(2,3)4/h5-8,14,16H,9-13H2,1-4H3,(H,21,22). The first kappa shape index (κ1) is 17.0. The molecule has 0 amide bonds. The van der Waals surface area contributed by atoms with Crippen molar-refractivity contribution in [2.75, 3.05) is 19.6 Å². The summed E-state index contributed by atoms with van der Waals surface area (Å²) >= 11 is 0.